The number of carbonyl (C=O) groups is 3. The molecule has 2 N–H and O–H groups in total. The molecule has 2 aromatic rings. The van der Waals surface area contributed by atoms with Gasteiger partial charge in [0.05, 0.1) is 16.4 Å². The summed E-state index contributed by atoms with van der Waals surface area (Å²) in [6, 6.07) is 18.1. The minimum Gasteiger partial charge on any atom is -0.447 e. The molecular formula is C28H30BrNO7. The van der Waals surface area contributed by atoms with Crippen LogP contribution in [0.2, 0.25) is 0 Å². The molecule has 2 aliphatic heterocycles. The van der Waals surface area contributed by atoms with Crippen LogP contribution in [0.1, 0.15) is 30.4 Å². The van der Waals surface area contributed by atoms with Crippen LogP contribution in [-0.2, 0) is 31.9 Å². The van der Waals surface area contributed by atoms with Crippen LogP contribution in [0.15, 0.2) is 71.2 Å². The lowest BCUT2D eigenvalue weighted by atomic mass is 9.87. The second-order valence-corrected chi connectivity index (χ2v) is 10.2. The maximum absolute atomic E-state index is 14.0. The number of amides is 2. The second-order valence-electron chi connectivity index (χ2n) is 9.32. The largest absolute Gasteiger partial charge is 0.447 e. The first-order valence-electron chi connectivity index (χ1n) is 12.3. The molecular weight excluding hydrogens is 542 g/mol. The van der Waals surface area contributed by atoms with Crippen LogP contribution in [0.3, 0.4) is 0 Å². The molecule has 196 valence electrons. The predicted molar refractivity (Wildman–Crippen MR) is 139 cm³/mol. The van der Waals surface area contributed by atoms with Crippen molar-refractivity contribution in [2.45, 2.75) is 50.0 Å². The highest BCUT2D eigenvalue weighted by molar-refractivity contribution is 9.11. The molecule has 9 heteroatoms. The van der Waals surface area contributed by atoms with Gasteiger partial charge in [0.25, 0.3) is 0 Å². The summed E-state index contributed by atoms with van der Waals surface area (Å²) in [6.07, 6.45) is 0.679. The third kappa shape index (κ3) is 6.35. The molecule has 0 saturated carbocycles. The normalized spacial score (nSPS) is 24.5. The van der Waals surface area contributed by atoms with E-state index in [1.807, 2.05) is 60.7 Å². The van der Waals surface area contributed by atoms with E-state index < -0.39 is 41.6 Å². The molecule has 8 nitrogen and oxygen atoms in total. The molecule has 2 amide bonds. The summed E-state index contributed by atoms with van der Waals surface area (Å²) < 4.78 is 11.4. The van der Waals surface area contributed by atoms with Gasteiger partial charge in [0.15, 0.2) is 11.6 Å². The number of hydrogen-bond acceptors (Lipinski definition) is 7. The summed E-state index contributed by atoms with van der Waals surface area (Å²) in [7, 11) is 0. The summed E-state index contributed by atoms with van der Waals surface area (Å²) in [4.78, 5) is 41.0. The number of ether oxygens (including phenoxy) is 2. The Kier molecular flexibility index (Phi) is 8.91. The summed E-state index contributed by atoms with van der Waals surface area (Å²) in [5.74, 6) is -3.99. The van der Waals surface area contributed by atoms with Gasteiger partial charge in [0, 0.05) is 13.0 Å². The fourth-order valence-corrected chi connectivity index (χ4v) is 5.23. The van der Waals surface area contributed by atoms with E-state index in [1.165, 1.54) is 6.08 Å². The first kappa shape index (κ1) is 27.2. The highest BCUT2D eigenvalue weighted by Crippen LogP contribution is 2.38. The highest BCUT2D eigenvalue weighted by Gasteiger charge is 2.49. The molecule has 2 aliphatic rings. The maximum Gasteiger partial charge on any atom is 0.416 e. The zero-order chi connectivity index (χ0) is 26.4. The number of nitrogens with zero attached hydrogens (tertiary/aromatic N) is 1. The number of aliphatic hydroxyl groups is 2. The Morgan fingerprint density at radius 1 is 1.05 bits per heavy atom. The molecule has 2 aromatic carbocycles. The first-order chi connectivity index (χ1) is 17.8. The van der Waals surface area contributed by atoms with Gasteiger partial charge in [-0.15, -0.1) is 0 Å². The fourth-order valence-electron chi connectivity index (χ4n) is 4.72. The number of hydrogen-bond donors (Lipinski definition) is 2. The van der Waals surface area contributed by atoms with Crippen LogP contribution in [0.5, 0.6) is 0 Å². The number of cyclic esters (lactones) is 1. The van der Waals surface area contributed by atoms with Gasteiger partial charge < -0.3 is 19.7 Å². The van der Waals surface area contributed by atoms with E-state index >= 15 is 0 Å². The lowest BCUT2D eigenvalue weighted by Gasteiger charge is -2.38. The fraction of sp³-hybridized carbons (Fsp3) is 0.393. The average molecular weight is 572 g/mol. The van der Waals surface area contributed by atoms with Gasteiger partial charge in [0.1, 0.15) is 12.7 Å². The smallest absolute Gasteiger partial charge is 0.416 e. The van der Waals surface area contributed by atoms with Crippen LogP contribution in [0.4, 0.5) is 4.79 Å². The number of halogens is 1. The number of benzene rings is 2. The number of carbonyl (C=O) groups excluding carboxylic acids is 3. The minimum atomic E-state index is -1.84. The molecule has 0 radical (unpaired) electrons. The van der Waals surface area contributed by atoms with Gasteiger partial charge in [-0.2, -0.15) is 0 Å². The van der Waals surface area contributed by atoms with Crippen molar-refractivity contribution in [1.82, 2.24) is 4.90 Å². The quantitative estimate of drug-likeness (QED) is 0.419. The van der Waals surface area contributed by atoms with Crippen molar-refractivity contribution in [3.8, 4) is 0 Å². The van der Waals surface area contributed by atoms with Crippen LogP contribution in [0.25, 0.3) is 0 Å². The van der Waals surface area contributed by atoms with Crippen molar-refractivity contribution in [1.29, 1.82) is 0 Å². The van der Waals surface area contributed by atoms with Crippen LogP contribution >= 0.6 is 15.9 Å². The minimum absolute atomic E-state index is 0.0469. The van der Waals surface area contributed by atoms with Crippen molar-refractivity contribution in [2.75, 3.05) is 13.2 Å². The lowest BCUT2D eigenvalue weighted by molar-refractivity contribution is -0.218. The Morgan fingerprint density at radius 3 is 2.35 bits per heavy atom. The number of rotatable bonds is 10. The van der Waals surface area contributed by atoms with Crippen LogP contribution in [-0.4, -0.2) is 64.0 Å². The van der Waals surface area contributed by atoms with E-state index in [2.05, 4.69) is 15.9 Å². The summed E-state index contributed by atoms with van der Waals surface area (Å²) in [5.41, 5.74) is 1.72. The molecule has 0 unspecified atom stereocenters. The summed E-state index contributed by atoms with van der Waals surface area (Å²) >= 11 is 3.24. The van der Waals surface area contributed by atoms with Crippen molar-refractivity contribution < 1.29 is 34.1 Å². The van der Waals surface area contributed by atoms with Crippen molar-refractivity contribution in [3.63, 3.8) is 0 Å². The average Bonchev–Trinajstić information content (AvgIpc) is 3.26. The third-order valence-corrected chi connectivity index (χ3v) is 7.51. The maximum atomic E-state index is 14.0. The van der Waals surface area contributed by atoms with Gasteiger partial charge in [-0.25, -0.2) is 9.69 Å². The van der Waals surface area contributed by atoms with Gasteiger partial charge in [0.2, 0.25) is 5.91 Å². The third-order valence-electron chi connectivity index (χ3n) is 6.66. The second kappa shape index (κ2) is 12.1. The van der Waals surface area contributed by atoms with Crippen molar-refractivity contribution >= 4 is 33.7 Å². The van der Waals surface area contributed by atoms with E-state index in [0.29, 0.717) is 19.3 Å². The van der Waals surface area contributed by atoms with E-state index in [0.717, 1.165) is 16.0 Å². The molecule has 1 saturated heterocycles. The summed E-state index contributed by atoms with van der Waals surface area (Å²) in [5, 5.41) is 20.4. The number of ketones is 1. The van der Waals surface area contributed by atoms with E-state index in [1.54, 1.807) is 0 Å². The molecule has 0 bridgehead atoms. The number of aliphatic hydroxyl groups excluding tert-OH is 1. The summed E-state index contributed by atoms with van der Waals surface area (Å²) in [6.45, 7) is 0.00229. The Labute approximate surface area is 224 Å². The Balaban J connectivity index is 1.65. The Hall–Kier alpha value is -2.85. The topological polar surface area (TPSA) is 113 Å². The van der Waals surface area contributed by atoms with Crippen LogP contribution < -0.4 is 0 Å². The van der Waals surface area contributed by atoms with Crippen molar-refractivity contribution in [2.24, 2.45) is 5.92 Å². The zero-order valence-corrected chi connectivity index (χ0v) is 21.9. The molecule has 0 aliphatic carbocycles. The highest BCUT2D eigenvalue weighted by atomic mass is 79.9. The van der Waals surface area contributed by atoms with E-state index in [9.17, 15) is 19.5 Å². The van der Waals surface area contributed by atoms with E-state index in [4.69, 9.17) is 14.6 Å². The molecule has 4 rings (SSSR count). The van der Waals surface area contributed by atoms with E-state index in [-0.39, 0.29) is 30.5 Å². The molecule has 4 atom stereocenters. The Morgan fingerprint density at radius 2 is 1.70 bits per heavy atom. The zero-order valence-electron chi connectivity index (χ0n) is 20.3. The van der Waals surface area contributed by atoms with Gasteiger partial charge in [-0.1, -0.05) is 60.7 Å². The molecule has 1 fully saturated rings. The molecule has 37 heavy (non-hydrogen) atoms. The SMILES string of the molecule is O=C1C=C(Br)[C@@](O)(CCCCO)O[C@H]1[C@@H](Cc1ccccc1)C(=O)N1C(=O)OC[C@@H]1Cc1ccccc1. The predicted octanol–water partition coefficient (Wildman–Crippen LogP) is 3.53. The van der Waals surface area contributed by atoms with Crippen molar-refractivity contribution in [3.05, 3.63) is 82.3 Å². The molecule has 0 aromatic heterocycles. The number of unbranched alkanes of at least 4 members (excludes halogenated alkanes) is 1. The lowest BCUT2D eigenvalue weighted by Crippen LogP contribution is -2.53. The van der Waals surface area contributed by atoms with Crippen LogP contribution in [0, 0.1) is 5.92 Å². The molecule has 0 spiro atoms. The molecule has 2 heterocycles. The first-order valence-corrected chi connectivity index (χ1v) is 13.1. The van der Waals surface area contributed by atoms with Gasteiger partial charge >= 0.3 is 6.09 Å². The Bertz CT molecular complexity index is 1140. The van der Waals surface area contributed by atoms with Gasteiger partial charge in [-0.05, 0) is 58.8 Å². The monoisotopic (exact) mass is 571 g/mol. The number of imide groups is 1. The standard InChI is InChI=1S/C28H30BrNO7/c29-24-17-23(32)25(37-28(24,35)13-7-8-14-31)22(16-20-11-5-2-6-12-20)26(33)30-21(18-36-27(30)34)15-19-9-3-1-4-10-19/h1-6,9-12,17,21-22,25,31,35H,7-8,13-16,18H2/t21-,22+,25-,28+/m0/s1. The van der Waals surface area contributed by atoms with Gasteiger partial charge in [-0.3, -0.25) is 9.59 Å².